The van der Waals surface area contributed by atoms with Gasteiger partial charge in [0.15, 0.2) is 0 Å². The number of amides is 1. The van der Waals surface area contributed by atoms with E-state index in [0.29, 0.717) is 12.1 Å². The van der Waals surface area contributed by atoms with Gasteiger partial charge in [0, 0.05) is 30.4 Å². The molecule has 1 aromatic heterocycles. The topological polar surface area (TPSA) is 46.9 Å². The van der Waals surface area contributed by atoms with Crippen molar-refractivity contribution in [2.75, 3.05) is 0 Å². The first kappa shape index (κ1) is 17.7. The van der Waals surface area contributed by atoms with Gasteiger partial charge in [0.25, 0.3) is 5.91 Å². The summed E-state index contributed by atoms with van der Waals surface area (Å²) in [5.74, 6) is -0.0938. The van der Waals surface area contributed by atoms with Gasteiger partial charge in [-0.1, -0.05) is 60.7 Å². The summed E-state index contributed by atoms with van der Waals surface area (Å²) in [6.45, 7) is 5.29. The van der Waals surface area contributed by atoms with Crippen molar-refractivity contribution in [3.05, 3.63) is 89.2 Å². The van der Waals surface area contributed by atoms with Crippen LogP contribution < -0.4 is 5.32 Å². The Hall–Kier alpha value is -3.14. The lowest BCUT2D eigenvalue weighted by molar-refractivity contribution is -0.115. The minimum absolute atomic E-state index is 0.0938. The summed E-state index contributed by atoms with van der Waals surface area (Å²) < 4.78 is 1.88. The van der Waals surface area contributed by atoms with Crippen LogP contribution >= 0.6 is 0 Å². The molecule has 0 aliphatic heterocycles. The SMILES string of the molecule is CCn1cc(CNC(=O)/C(=C\c2ccccc2)c2ccccc2)c(C)n1. The first-order chi connectivity index (χ1) is 12.7. The lowest BCUT2D eigenvalue weighted by Gasteiger charge is -2.09. The third-order valence-corrected chi connectivity index (χ3v) is 4.25. The molecular formula is C22H23N3O. The Morgan fingerprint density at radius 2 is 1.73 bits per heavy atom. The molecule has 132 valence electrons. The second-order valence-electron chi connectivity index (χ2n) is 6.11. The van der Waals surface area contributed by atoms with Gasteiger partial charge in [-0.3, -0.25) is 9.48 Å². The smallest absolute Gasteiger partial charge is 0.252 e. The number of rotatable bonds is 6. The number of carbonyl (C=O) groups excluding carboxylic acids is 1. The molecule has 0 atom stereocenters. The maximum Gasteiger partial charge on any atom is 0.252 e. The van der Waals surface area contributed by atoms with Crippen molar-refractivity contribution in [2.24, 2.45) is 0 Å². The van der Waals surface area contributed by atoms with E-state index in [2.05, 4.69) is 10.4 Å². The van der Waals surface area contributed by atoms with Crippen LogP contribution in [0.4, 0.5) is 0 Å². The molecule has 0 radical (unpaired) electrons. The molecule has 0 fully saturated rings. The third-order valence-electron chi connectivity index (χ3n) is 4.25. The second-order valence-corrected chi connectivity index (χ2v) is 6.11. The number of hydrogen-bond donors (Lipinski definition) is 1. The number of aromatic nitrogens is 2. The maximum atomic E-state index is 12.9. The molecule has 1 amide bonds. The fourth-order valence-electron chi connectivity index (χ4n) is 2.78. The fraction of sp³-hybridized carbons (Fsp3) is 0.182. The Labute approximate surface area is 154 Å². The minimum Gasteiger partial charge on any atom is -0.348 e. The second kappa shape index (κ2) is 8.30. The molecule has 3 rings (SSSR count). The average molecular weight is 345 g/mol. The van der Waals surface area contributed by atoms with Crippen LogP contribution in [0.3, 0.4) is 0 Å². The van der Waals surface area contributed by atoms with Crippen LogP contribution in [0, 0.1) is 6.92 Å². The van der Waals surface area contributed by atoms with Crippen LogP contribution in [-0.4, -0.2) is 15.7 Å². The van der Waals surface area contributed by atoms with E-state index in [1.54, 1.807) is 0 Å². The molecule has 4 heteroatoms. The number of carbonyl (C=O) groups is 1. The molecule has 0 spiro atoms. The van der Waals surface area contributed by atoms with Crippen LogP contribution in [0.25, 0.3) is 11.6 Å². The van der Waals surface area contributed by atoms with E-state index in [4.69, 9.17) is 0 Å². The van der Waals surface area contributed by atoms with Gasteiger partial charge in [-0.05, 0) is 31.1 Å². The van der Waals surface area contributed by atoms with Crippen molar-refractivity contribution in [3.8, 4) is 0 Å². The summed E-state index contributed by atoms with van der Waals surface area (Å²) in [5.41, 5.74) is 4.52. The van der Waals surface area contributed by atoms with Crippen LogP contribution in [0.15, 0.2) is 66.9 Å². The Morgan fingerprint density at radius 3 is 2.35 bits per heavy atom. The summed E-state index contributed by atoms with van der Waals surface area (Å²) in [6.07, 6.45) is 3.91. The van der Waals surface area contributed by atoms with E-state index < -0.39 is 0 Å². The zero-order valence-electron chi connectivity index (χ0n) is 15.1. The van der Waals surface area contributed by atoms with E-state index in [9.17, 15) is 4.79 Å². The molecule has 0 unspecified atom stereocenters. The average Bonchev–Trinajstić information content (AvgIpc) is 3.05. The summed E-state index contributed by atoms with van der Waals surface area (Å²) >= 11 is 0. The Kier molecular flexibility index (Phi) is 5.64. The van der Waals surface area contributed by atoms with Crippen molar-refractivity contribution in [2.45, 2.75) is 26.9 Å². The van der Waals surface area contributed by atoms with Crippen molar-refractivity contribution < 1.29 is 4.79 Å². The summed E-state index contributed by atoms with van der Waals surface area (Å²) in [7, 11) is 0. The lowest BCUT2D eigenvalue weighted by Crippen LogP contribution is -2.24. The first-order valence-corrected chi connectivity index (χ1v) is 8.80. The van der Waals surface area contributed by atoms with Crippen molar-refractivity contribution in [1.82, 2.24) is 15.1 Å². The maximum absolute atomic E-state index is 12.9. The van der Waals surface area contributed by atoms with Gasteiger partial charge in [-0.25, -0.2) is 0 Å². The van der Waals surface area contributed by atoms with Gasteiger partial charge >= 0.3 is 0 Å². The Bertz CT molecular complexity index is 896. The first-order valence-electron chi connectivity index (χ1n) is 8.80. The van der Waals surface area contributed by atoms with Crippen LogP contribution in [0.1, 0.15) is 29.3 Å². The van der Waals surface area contributed by atoms with E-state index in [-0.39, 0.29) is 5.91 Å². The molecule has 0 saturated carbocycles. The molecule has 1 heterocycles. The highest BCUT2D eigenvalue weighted by Crippen LogP contribution is 2.19. The van der Waals surface area contributed by atoms with Crippen LogP contribution in [0.2, 0.25) is 0 Å². The van der Waals surface area contributed by atoms with E-state index in [1.807, 2.05) is 91.5 Å². The zero-order chi connectivity index (χ0) is 18.4. The summed E-state index contributed by atoms with van der Waals surface area (Å²) in [6, 6.07) is 19.6. The summed E-state index contributed by atoms with van der Waals surface area (Å²) in [5, 5.41) is 7.46. The summed E-state index contributed by atoms with van der Waals surface area (Å²) in [4.78, 5) is 12.9. The predicted molar refractivity (Wildman–Crippen MR) is 105 cm³/mol. The molecule has 0 saturated heterocycles. The number of nitrogens with one attached hydrogen (secondary N) is 1. The van der Waals surface area contributed by atoms with Gasteiger partial charge in [-0.2, -0.15) is 5.10 Å². The lowest BCUT2D eigenvalue weighted by atomic mass is 10.0. The van der Waals surface area contributed by atoms with Crippen LogP contribution in [-0.2, 0) is 17.9 Å². The van der Waals surface area contributed by atoms with Gasteiger partial charge in [-0.15, -0.1) is 0 Å². The van der Waals surface area contributed by atoms with Gasteiger partial charge in [0.05, 0.1) is 5.69 Å². The zero-order valence-corrected chi connectivity index (χ0v) is 15.1. The van der Waals surface area contributed by atoms with Gasteiger partial charge in [0.2, 0.25) is 0 Å². The molecule has 0 bridgehead atoms. The predicted octanol–water partition coefficient (Wildman–Crippen LogP) is 4.07. The third kappa shape index (κ3) is 4.28. The highest BCUT2D eigenvalue weighted by molar-refractivity contribution is 6.24. The number of hydrogen-bond acceptors (Lipinski definition) is 2. The number of nitrogens with zero attached hydrogens (tertiary/aromatic N) is 2. The van der Waals surface area contributed by atoms with Crippen molar-refractivity contribution in [1.29, 1.82) is 0 Å². The molecule has 4 nitrogen and oxygen atoms in total. The molecule has 1 N–H and O–H groups in total. The minimum atomic E-state index is -0.0938. The molecule has 2 aromatic carbocycles. The molecular weight excluding hydrogens is 322 g/mol. The van der Waals surface area contributed by atoms with Gasteiger partial charge in [0.1, 0.15) is 0 Å². The molecule has 0 aliphatic rings. The molecule has 3 aromatic rings. The highest BCUT2D eigenvalue weighted by Gasteiger charge is 2.13. The van der Waals surface area contributed by atoms with Crippen molar-refractivity contribution in [3.63, 3.8) is 0 Å². The van der Waals surface area contributed by atoms with E-state index in [1.165, 1.54) is 0 Å². The fourth-order valence-corrected chi connectivity index (χ4v) is 2.78. The van der Waals surface area contributed by atoms with Crippen molar-refractivity contribution >= 4 is 17.6 Å². The normalized spacial score (nSPS) is 11.4. The quantitative estimate of drug-likeness (QED) is 0.541. The standard InChI is InChI=1S/C22H23N3O/c1-3-25-16-20(17(2)24-25)15-23-22(26)21(19-12-8-5-9-13-19)14-18-10-6-4-7-11-18/h4-14,16H,3,15H2,1-2H3,(H,23,26)/b21-14-. The Morgan fingerprint density at radius 1 is 1.08 bits per heavy atom. The molecule has 0 aliphatic carbocycles. The van der Waals surface area contributed by atoms with E-state index in [0.717, 1.165) is 28.9 Å². The number of aryl methyl sites for hydroxylation is 2. The van der Waals surface area contributed by atoms with Crippen LogP contribution in [0.5, 0.6) is 0 Å². The molecule has 26 heavy (non-hydrogen) atoms. The number of benzene rings is 2. The highest BCUT2D eigenvalue weighted by atomic mass is 16.1. The monoisotopic (exact) mass is 345 g/mol. The largest absolute Gasteiger partial charge is 0.348 e. The van der Waals surface area contributed by atoms with Gasteiger partial charge < -0.3 is 5.32 Å². The Balaban J connectivity index is 1.83. The van der Waals surface area contributed by atoms with E-state index >= 15 is 0 Å².